The molecule has 1 aliphatic rings. The van der Waals surface area contributed by atoms with E-state index in [1.165, 1.54) is 27.1 Å². The fourth-order valence-electron chi connectivity index (χ4n) is 8.19. The van der Waals surface area contributed by atoms with Gasteiger partial charge < -0.3 is 9.73 Å². The highest BCUT2D eigenvalue weighted by Crippen LogP contribution is 2.42. The van der Waals surface area contributed by atoms with Crippen LogP contribution in [0.3, 0.4) is 0 Å². The maximum absolute atomic E-state index is 6.50. The third-order valence-electron chi connectivity index (χ3n) is 10.9. The molecule has 0 radical (unpaired) electrons. The van der Waals surface area contributed by atoms with Gasteiger partial charge in [-0.15, -0.1) is 0 Å². The lowest BCUT2D eigenvalue weighted by atomic mass is 9.91. The van der Waals surface area contributed by atoms with Crippen LogP contribution in [0, 0.1) is 0 Å². The number of benzene rings is 9. The Labute approximate surface area is 317 Å². The molecule has 9 aromatic carbocycles. The molecular formula is C51H33N3O. The topological polar surface area (TPSA) is 49.9 Å². The molecule has 4 heteroatoms. The van der Waals surface area contributed by atoms with Crippen LogP contribution >= 0.6 is 0 Å². The Morgan fingerprint density at radius 3 is 1.89 bits per heavy atom. The minimum absolute atomic E-state index is 0.311. The molecule has 0 spiro atoms. The Bertz CT molecular complexity index is 3190. The van der Waals surface area contributed by atoms with Crippen LogP contribution in [0.15, 0.2) is 202 Å². The van der Waals surface area contributed by atoms with Crippen LogP contribution in [0.2, 0.25) is 0 Å². The smallest absolute Gasteiger partial charge is 0.160 e. The van der Waals surface area contributed by atoms with Crippen LogP contribution in [-0.2, 0) is 0 Å². The van der Waals surface area contributed by atoms with E-state index in [1.807, 2.05) is 18.2 Å². The fourth-order valence-corrected chi connectivity index (χ4v) is 8.19. The molecule has 1 atom stereocenters. The zero-order valence-corrected chi connectivity index (χ0v) is 29.8. The minimum Gasteiger partial charge on any atom is -0.456 e. The van der Waals surface area contributed by atoms with Crippen molar-refractivity contribution in [1.82, 2.24) is 5.32 Å². The number of aliphatic imine (C=N–C) groups is 2. The zero-order chi connectivity index (χ0) is 36.3. The van der Waals surface area contributed by atoms with E-state index in [2.05, 4.69) is 175 Å². The Kier molecular flexibility index (Phi) is 7.20. The quantitative estimate of drug-likeness (QED) is 0.194. The van der Waals surface area contributed by atoms with E-state index in [0.29, 0.717) is 5.84 Å². The lowest BCUT2D eigenvalue weighted by molar-refractivity contribution is 0.669. The Hall–Kier alpha value is -7.30. The van der Waals surface area contributed by atoms with Gasteiger partial charge in [0.15, 0.2) is 5.84 Å². The van der Waals surface area contributed by atoms with Crippen molar-refractivity contribution in [3.8, 4) is 22.3 Å². The maximum Gasteiger partial charge on any atom is 0.160 e. The number of fused-ring (bicyclic) bond motifs is 6. The van der Waals surface area contributed by atoms with Gasteiger partial charge in [0.25, 0.3) is 0 Å². The number of amidine groups is 2. The molecule has 1 N–H and O–H groups in total. The van der Waals surface area contributed by atoms with Gasteiger partial charge in [-0.05, 0) is 96.5 Å². The molecule has 11 rings (SSSR count). The van der Waals surface area contributed by atoms with Gasteiger partial charge in [-0.25, -0.2) is 9.98 Å². The van der Waals surface area contributed by atoms with Gasteiger partial charge in [0.1, 0.15) is 23.2 Å². The molecule has 0 saturated carbocycles. The van der Waals surface area contributed by atoms with Crippen molar-refractivity contribution < 1.29 is 4.42 Å². The third-order valence-corrected chi connectivity index (χ3v) is 10.9. The van der Waals surface area contributed by atoms with Crippen molar-refractivity contribution in [2.45, 2.75) is 6.17 Å². The van der Waals surface area contributed by atoms with Crippen LogP contribution < -0.4 is 5.32 Å². The molecule has 0 saturated heterocycles. The molecule has 10 aromatic rings. The van der Waals surface area contributed by atoms with Crippen molar-refractivity contribution in [2.75, 3.05) is 0 Å². The summed E-state index contributed by atoms with van der Waals surface area (Å²) < 4.78 is 6.50. The molecule has 1 unspecified atom stereocenters. The first kappa shape index (κ1) is 31.2. The first-order chi connectivity index (χ1) is 27.2. The van der Waals surface area contributed by atoms with E-state index in [4.69, 9.17) is 14.4 Å². The standard InChI is InChI=1S/C51H33N3O/c1-2-13-34(14-3-1)49-52-50(39-24-22-33-12-5-7-16-36(33)30-39)54-51(53-49)44-27-26-42(40-17-8-9-18-41(40)44)43-19-10-20-47-48(43)45-31-38(25-28-46(45)55-47)37-23-21-32-11-4-6-15-35(32)29-37/h1-31,50H,(H,52,53,54). The van der Waals surface area contributed by atoms with E-state index >= 15 is 0 Å². The van der Waals surface area contributed by atoms with Gasteiger partial charge in [0.2, 0.25) is 0 Å². The summed E-state index contributed by atoms with van der Waals surface area (Å²) in [5.41, 5.74) is 9.44. The SMILES string of the molecule is c1ccc(C2=NC(c3ccc(-c4cccc5oc6ccc(-c7ccc8ccccc8c7)cc6c45)c4ccccc34)=NC(c3ccc4ccccc4c3)N2)cc1. The summed E-state index contributed by atoms with van der Waals surface area (Å²) in [4.78, 5) is 10.5. The average Bonchev–Trinajstić information content (AvgIpc) is 3.64. The summed E-state index contributed by atoms with van der Waals surface area (Å²) in [6.07, 6.45) is -0.311. The average molecular weight is 704 g/mol. The predicted octanol–water partition coefficient (Wildman–Crippen LogP) is 12.9. The molecule has 2 heterocycles. The molecule has 1 aliphatic heterocycles. The first-order valence-electron chi connectivity index (χ1n) is 18.7. The second kappa shape index (κ2) is 12.7. The molecule has 0 aliphatic carbocycles. The number of hydrogen-bond donors (Lipinski definition) is 1. The van der Waals surface area contributed by atoms with Crippen molar-refractivity contribution in [2.24, 2.45) is 9.98 Å². The van der Waals surface area contributed by atoms with Gasteiger partial charge in [-0.1, -0.05) is 152 Å². The second-order valence-electron chi connectivity index (χ2n) is 14.2. The first-order valence-corrected chi connectivity index (χ1v) is 18.7. The summed E-state index contributed by atoms with van der Waals surface area (Å²) in [5.74, 6) is 1.50. The van der Waals surface area contributed by atoms with E-state index in [1.54, 1.807) is 0 Å². The Morgan fingerprint density at radius 1 is 0.418 bits per heavy atom. The molecule has 0 fully saturated rings. The summed E-state index contributed by atoms with van der Waals surface area (Å²) >= 11 is 0. The molecule has 0 amide bonds. The van der Waals surface area contributed by atoms with Crippen molar-refractivity contribution in [3.05, 3.63) is 205 Å². The number of nitrogens with one attached hydrogen (secondary N) is 1. The summed E-state index contributed by atoms with van der Waals surface area (Å²) in [5, 5.41) is 12.9. The molecule has 55 heavy (non-hydrogen) atoms. The van der Waals surface area contributed by atoms with Crippen LogP contribution in [-0.4, -0.2) is 11.7 Å². The monoisotopic (exact) mass is 703 g/mol. The largest absolute Gasteiger partial charge is 0.456 e. The second-order valence-corrected chi connectivity index (χ2v) is 14.2. The number of hydrogen-bond acceptors (Lipinski definition) is 4. The lowest BCUT2D eigenvalue weighted by Gasteiger charge is -2.24. The summed E-state index contributed by atoms with van der Waals surface area (Å²) in [6.45, 7) is 0. The van der Waals surface area contributed by atoms with Gasteiger partial charge in [0.05, 0.1) is 0 Å². The fraction of sp³-hybridized carbons (Fsp3) is 0.0196. The molecular weight excluding hydrogens is 671 g/mol. The number of rotatable bonds is 5. The van der Waals surface area contributed by atoms with E-state index in [0.717, 1.165) is 71.9 Å². The molecule has 1 aromatic heterocycles. The normalized spacial score (nSPS) is 14.4. The summed E-state index contributed by atoms with van der Waals surface area (Å²) in [6, 6.07) is 66.4. The maximum atomic E-state index is 6.50. The zero-order valence-electron chi connectivity index (χ0n) is 29.8. The highest BCUT2D eigenvalue weighted by atomic mass is 16.3. The van der Waals surface area contributed by atoms with E-state index in [9.17, 15) is 0 Å². The highest BCUT2D eigenvalue weighted by molar-refractivity contribution is 6.21. The minimum atomic E-state index is -0.311. The predicted molar refractivity (Wildman–Crippen MR) is 229 cm³/mol. The van der Waals surface area contributed by atoms with Gasteiger partial charge in [-0.3, -0.25) is 0 Å². The van der Waals surface area contributed by atoms with Crippen LogP contribution in [0.5, 0.6) is 0 Å². The van der Waals surface area contributed by atoms with Crippen molar-refractivity contribution >= 4 is 65.9 Å². The lowest BCUT2D eigenvalue weighted by Crippen LogP contribution is -2.33. The third kappa shape index (κ3) is 5.38. The van der Waals surface area contributed by atoms with E-state index < -0.39 is 0 Å². The van der Waals surface area contributed by atoms with Gasteiger partial charge >= 0.3 is 0 Å². The molecule has 4 nitrogen and oxygen atoms in total. The van der Waals surface area contributed by atoms with Crippen molar-refractivity contribution in [3.63, 3.8) is 0 Å². The Morgan fingerprint density at radius 2 is 1.07 bits per heavy atom. The van der Waals surface area contributed by atoms with Crippen LogP contribution in [0.25, 0.3) is 76.5 Å². The van der Waals surface area contributed by atoms with Gasteiger partial charge in [0, 0.05) is 21.9 Å². The van der Waals surface area contributed by atoms with Gasteiger partial charge in [-0.2, -0.15) is 0 Å². The van der Waals surface area contributed by atoms with E-state index in [-0.39, 0.29) is 6.17 Å². The molecule has 258 valence electrons. The highest BCUT2D eigenvalue weighted by Gasteiger charge is 2.23. The van der Waals surface area contributed by atoms with Crippen LogP contribution in [0.1, 0.15) is 22.9 Å². The summed E-state index contributed by atoms with van der Waals surface area (Å²) in [7, 11) is 0. The number of furan rings is 1. The molecule has 0 bridgehead atoms. The Balaban J connectivity index is 1.07. The van der Waals surface area contributed by atoms with Crippen LogP contribution in [0.4, 0.5) is 0 Å². The van der Waals surface area contributed by atoms with Crippen molar-refractivity contribution in [1.29, 1.82) is 0 Å². The number of nitrogens with zero attached hydrogens (tertiary/aromatic N) is 2.